The van der Waals surface area contributed by atoms with Gasteiger partial charge in [0.25, 0.3) is 5.91 Å². The Morgan fingerprint density at radius 1 is 1.55 bits per heavy atom. The van der Waals surface area contributed by atoms with Gasteiger partial charge in [0.15, 0.2) is 0 Å². The van der Waals surface area contributed by atoms with E-state index in [1.807, 2.05) is 11.8 Å². The van der Waals surface area contributed by atoms with Crippen LogP contribution in [-0.2, 0) is 9.47 Å². The maximum Gasteiger partial charge on any atom is 0.259 e. The number of carbonyl (C=O) groups excluding carboxylic acids is 1. The number of hydrogen-bond acceptors (Lipinski definition) is 5. The highest BCUT2D eigenvalue weighted by molar-refractivity contribution is 5.95. The molecule has 0 aromatic carbocycles. The van der Waals surface area contributed by atoms with Crippen molar-refractivity contribution in [2.75, 3.05) is 19.8 Å². The van der Waals surface area contributed by atoms with Gasteiger partial charge in [0.2, 0.25) is 0 Å². The topological polar surface area (TPSA) is 64.8 Å². The Morgan fingerprint density at radius 3 is 3.10 bits per heavy atom. The standard InChI is InChI=1S/C14H20N2O4/c1-3-18-12-5-4-11-13(12)19-7-6-16(11)14(17)10-8-15-20-9(10)2/h8,11-13H,3-7H2,1-2H3/t11-,12-,13-/m1/s1. The third-order valence-electron chi connectivity index (χ3n) is 4.16. The highest BCUT2D eigenvalue weighted by Gasteiger charge is 2.45. The fourth-order valence-corrected chi connectivity index (χ4v) is 3.22. The number of rotatable bonds is 3. The Hall–Kier alpha value is -1.40. The third-order valence-corrected chi connectivity index (χ3v) is 4.16. The van der Waals surface area contributed by atoms with Crippen LogP contribution in [0.3, 0.4) is 0 Å². The van der Waals surface area contributed by atoms with Crippen LogP contribution < -0.4 is 0 Å². The molecule has 3 rings (SSSR count). The smallest absolute Gasteiger partial charge is 0.259 e. The van der Waals surface area contributed by atoms with Crippen LogP contribution in [0.25, 0.3) is 0 Å². The second-order valence-electron chi connectivity index (χ2n) is 5.27. The van der Waals surface area contributed by atoms with Crippen LogP contribution in [-0.4, -0.2) is 54.0 Å². The number of aromatic nitrogens is 1. The molecule has 1 aromatic heterocycles. The summed E-state index contributed by atoms with van der Waals surface area (Å²) in [6, 6.07) is 0.0992. The van der Waals surface area contributed by atoms with Crippen LogP contribution in [0, 0.1) is 6.92 Å². The van der Waals surface area contributed by atoms with Crippen molar-refractivity contribution in [2.24, 2.45) is 0 Å². The van der Waals surface area contributed by atoms with Crippen LogP contribution >= 0.6 is 0 Å². The molecule has 110 valence electrons. The molecule has 1 aliphatic heterocycles. The van der Waals surface area contributed by atoms with E-state index in [9.17, 15) is 4.79 Å². The van der Waals surface area contributed by atoms with E-state index in [4.69, 9.17) is 14.0 Å². The molecule has 2 aliphatic rings. The van der Waals surface area contributed by atoms with Crippen molar-refractivity contribution in [3.8, 4) is 0 Å². The van der Waals surface area contributed by atoms with Gasteiger partial charge in [0.05, 0.1) is 24.9 Å². The van der Waals surface area contributed by atoms with Crippen LogP contribution in [0.5, 0.6) is 0 Å². The summed E-state index contributed by atoms with van der Waals surface area (Å²) in [6.45, 7) is 5.59. The lowest BCUT2D eigenvalue weighted by atomic mass is 10.1. The van der Waals surface area contributed by atoms with E-state index in [1.165, 1.54) is 6.20 Å². The zero-order valence-electron chi connectivity index (χ0n) is 11.9. The van der Waals surface area contributed by atoms with E-state index in [0.717, 1.165) is 12.8 Å². The van der Waals surface area contributed by atoms with E-state index < -0.39 is 0 Å². The largest absolute Gasteiger partial charge is 0.376 e. The Morgan fingerprint density at radius 2 is 2.40 bits per heavy atom. The number of fused-ring (bicyclic) bond motifs is 1. The number of aryl methyl sites for hydroxylation is 1. The minimum atomic E-state index is -0.0146. The Balaban J connectivity index is 1.77. The van der Waals surface area contributed by atoms with Crippen LogP contribution in [0.2, 0.25) is 0 Å². The van der Waals surface area contributed by atoms with Gasteiger partial charge in [0, 0.05) is 13.2 Å². The Kier molecular flexibility index (Phi) is 3.76. The number of ether oxygens (including phenoxy) is 2. The molecule has 1 aliphatic carbocycles. The predicted molar refractivity (Wildman–Crippen MR) is 70.5 cm³/mol. The fourth-order valence-electron chi connectivity index (χ4n) is 3.22. The summed E-state index contributed by atoms with van der Waals surface area (Å²) in [5.74, 6) is 0.552. The van der Waals surface area contributed by atoms with Crippen molar-refractivity contribution in [1.29, 1.82) is 0 Å². The molecule has 1 aromatic rings. The molecule has 1 amide bonds. The van der Waals surface area contributed by atoms with Gasteiger partial charge < -0.3 is 18.9 Å². The lowest BCUT2D eigenvalue weighted by Gasteiger charge is -2.38. The minimum Gasteiger partial charge on any atom is -0.376 e. The summed E-state index contributed by atoms with van der Waals surface area (Å²) in [4.78, 5) is 14.5. The van der Waals surface area contributed by atoms with Gasteiger partial charge >= 0.3 is 0 Å². The lowest BCUT2D eigenvalue weighted by molar-refractivity contribution is -0.102. The fraction of sp³-hybridized carbons (Fsp3) is 0.714. The van der Waals surface area contributed by atoms with E-state index >= 15 is 0 Å². The number of amides is 1. The van der Waals surface area contributed by atoms with Crippen molar-refractivity contribution in [3.63, 3.8) is 0 Å². The molecule has 0 bridgehead atoms. The summed E-state index contributed by atoms with van der Waals surface area (Å²) in [5.41, 5.74) is 0.547. The number of carbonyl (C=O) groups is 1. The van der Waals surface area contributed by atoms with Gasteiger partial charge in [-0.1, -0.05) is 5.16 Å². The molecule has 1 saturated carbocycles. The summed E-state index contributed by atoms with van der Waals surface area (Å²) >= 11 is 0. The van der Waals surface area contributed by atoms with Crippen molar-refractivity contribution in [2.45, 2.75) is 44.9 Å². The molecule has 6 nitrogen and oxygen atoms in total. The molecule has 1 saturated heterocycles. The first kappa shape index (κ1) is 13.6. The first-order chi connectivity index (χ1) is 9.72. The number of nitrogens with zero attached hydrogens (tertiary/aromatic N) is 2. The molecular weight excluding hydrogens is 260 g/mol. The summed E-state index contributed by atoms with van der Waals surface area (Å²) in [6.07, 6.45) is 3.45. The molecule has 6 heteroatoms. The summed E-state index contributed by atoms with van der Waals surface area (Å²) in [5, 5.41) is 3.69. The van der Waals surface area contributed by atoms with Gasteiger partial charge in [-0.3, -0.25) is 4.79 Å². The van der Waals surface area contributed by atoms with E-state index in [1.54, 1.807) is 6.92 Å². The van der Waals surface area contributed by atoms with Crippen molar-refractivity contribution >= 4 is 5.91 Å². The minimum absolute atomic E-state index is 0.00665. The van der Waals surface area contributed by atoms with E-state index in [2.05, 4.69) is 5.16 Å². The normalized spacial score (nSPS) is 29.5. The molecule has 0 radical (unpaired) electrons. The average molecular weight is 280 g/mol. The molecule has 0 unspecified atom stereocenters. The first-order valence-corrected chi connectivity index (χ1v) is 7.17. The van der Waals surface area contributed by atoms with Crippen molar-refractivity contribution in [3.05, 3.63) is 17.5 Å². The average Bonchev–Trinajstić information content (AvgIpc) is 3.05. The van der Waals surface area contributed by atoms with Gasteiger partial charge in [-0.2, -0.15) is 0 Å². The molecule has 3 atom stereocenters. The summed E-state index contributed by atoms with van der Waals surface area (Å²) < 4.78 is 16.6. The Labute approximate surface area is 118 Å². The number of hydrogen-bond donors (Lipinski definition) is 0. The second-order valence-corrected chi connectivity index (χ2v) is 5.27. The van der Waals surface area contributed by atoms with Gasteiger partial charge in [-0.25, -0.2) is 0 Å². The predicted octanol–water partition coefficient (Wildman–Crippen LogP) is 1.39. The second kappa shape index (κ2) is 5.54. The molecule has 2 fully saturated rings. The summed E-state index contributed by atoms with van der Waals surface area (Å²) in [7, 11) is 0. The van der Waals surface area contributed by atoms with Crippen LogP contribution in [0.1, 0.15) is 35.9 Å². The van der Waals surface area contributed by atoms with Gasteiger partial charge in [0.1, 0.15) is 17.4 Å². The first-order valence-electron chi connectivity index (χ1n) is 7.17. The molecule has 2 heterocycles. The van der Waals surface area contributed by atoms with Gasteiger partial charge in [-0.05, 0) is 26.7 Å². The van der Waals surface area contributed by atoms with Crippen LogP contribution in [0.15, 0.2) is 10.7 Å². The van der Waals surface area contributed by atoms with Crippen LogP contribution in [0.4, 0.5) is 0 Å². The maximum absolute atomic E-state index is 12.6. The lowest BCUT2D eigenvalue weighted by Crippen LogP contribution is -2.53. The molecule has 20 heavy (non-hydrogen) atoms. The number of morpholine rings is 1. The zero-order valence-corrected chi connectivity index (χ0v) is 11.9. The third kappa shape index (κ3) is 2.23. The highest BCUT2D eigenvalue weighted by atomic mass is 16.5. The van der Waals surface area contributed by atoms with Gasteiger partial charge in [-0.15, -0.1) is 0 Å². The highest BCUT2D eigenvalue weighted by Crippen LogP contribution is 2.33. The zero-order chi connectivity index (χ0) is 14.1. The Bertz CT molecular complexity index is 487. The van der Waals surface area contributed by atoms with E-state index in [-0.39, 0.29) is 24.2 Å². The van der Waals surface area contributed by atoms with E-state index in [0.29, 0.717) is 31.1 Å². The quantitative estimate of drug-likeness (QED) is 0.837. The monoisotopic (exact) mass is 280 g/mol. The molecular formula is C14H20N2O4. The molecule has 0 spiro atoms. The molecule has 0 N–H and O–H groups in total. The van der Waals surface area contributed by atoms with Crippen molar-refractivity contribution in [1.82, 2.24) is 10.1 Å². The van der Waals surface area contributed by atoms with Crippen molar-refractivity contribution < 1.29 is 18.8 Å². The maximum atomic E-state index is 12.6. The SMILES string of the molecule is CCO[C@@H]1CC[C@@H]2[C@H]1OCCN2C(=O)c1cnoc1C.